The number of aryl methyl sites for hydroxylation is 1. The Labute approximate surface area is 81.9 Å². The quantitative estimate of drug-likeness (QED) is 0.770. The van der Waals surface area contributed by atoms with Crippen LogP contribution in [0.5, 0.6) is 5.75 Å². The smallest absolute Gasteiger partial charge is 0.136 e. The van der Waals surface area contributed by atoms with Crippen molar-refractivity contribution in [3.63, 3.8) is 0 Å². The fourth-order valence-electron chi connectivity index (χ4n) is 1.00. The van der Waals surface area contributed by atoms with E-state index < -0.39 is 0 Å². The van der Waals surface area contributed by atoms with Gasteiger partial charge in [-0.05, 0) is 40.9 Å². The van der Waals surface area contributed by atoms with Crippen molar-refractivity contribution in [1.82, 2.24) is 0 Å². The molecule has 0 unspecified atom stereocenters. The van der Waals surface area contributed by atoms with Gasteiger partial charge in [-0.3, -0.25) is 0 Å². The van der Waals surface area contributed by atoms with Gasteiger partial charge in [0, 0.05) is 0 Å². The van der Waals surface area contributed by atoms with Gasteiger partial charge in [0.15, 0.2) is 0 Å². The molecule has 0 spiro atoms. The molecule has 12 heavy (non-hydrogen) atoms. The standard InChI is InChI=1S/C10H13BrO/c1-3-7-12-10-8(2)5-4-6-9(10)11/h4-6H,3,7H2,1-2H3. The second-order valence-electron chi connectivity index (χ2n) is 2.73. The van der Waals surface area contributed by atoms with Gasteiger partial charge >= 0.3 is 0 Å². The Hall–Kier alpha value is -0.500. The fourth-order valence-corrected chi connectivity index (χ4v) is 1.58. The number of halogens is 1. The maximum Gasteiger partial charge on any atom is 0.136 e. The molecule has 0 saturated carbocycles. The third kappa shape index (κ3) is 2.24. The van der Waals surface area contributed by atoms with Gasteiger partial charge < -0.3 is 4.74 Å². The number of hydrogen-bond acceptors (Lipinski definition) is 1. The number of hydrogen-bond donors (Lipinski definition) is 0. The highest BCUT2D eigenvalue weighted by Gasteiger charge is 2.02. The van der Waals surface area contributed by atoms with Crippen LogP contribution in [0.1, 0.15) is 18.9 Å². The van der Waals surface area contributed by atoms with Gasteiger partial charge in [0.05, 0.1) is 11.1 Å². The topological polar surface area (TPSA) is 9.23 Å². The number of benzene rings is 1. The SMILES string of the molecule is CCCOc1c(C)cccc1Br. The zero-order chi connectivity index (χ0) is 8.97. The van der Waals surface area contributed by atoms with Gasteiger partial charge in [0.2, 0.25) is 0 Å². The minimum Gasteiger partial charge on any atom is -0.492 e. The molecule has 0 saturated heterocycles. The van der Waals surface area contributed by atoms with Gasteiger partial charge in [-0.25, -0.2) is 0 Å². The number of ether oxygens (including phenoxy) is 1. The summed E-state index contributed by atoms with van der Waals surface area (Å²) in [6, 6.07) is 6.06. The van der Waals surface area contributed by atoms with Crippen molar-refractivity contribution < 1.29 is 4.74 Å². The number of rotatable bonds is 3. The Balaban J connectivity index is 2.81. The normalized spacial score (nSPS) is 9.92. The average Bonchev–Trinajstić information content (AvgIpc) is 2.04. The third-order valence-corrected chi connectivity index (χ3v) is 2.24. The van der Waals surface area contributed by atoms with E-state index >= 15 is 0 Å². The van der Waals surface area contributed by atoms with Crippen molar-refractivity contribution in [2.75, 3.05) is 6.61 Å². The van der Waals surface area contributed by atoms with Gasteiger partial charge in [0.25, 0.3) is 0 Å². The molecule has 0 N–H and O–H groups in total. The molecule has 1 rings (SSSR count). The van der Waals surface area contributed by atoms with E-state index in [-0.39, 0.29) is 0 Å². The molecule has 2 heteroatoms. The first-order valence-corrected chi connectivity index (χ1v) is 4.93. The summed E-state index contributed by atoms with van der Waals surface area (Å²) in [5.41, 5.74) is 1.18. The first-order chi connectivity index (χ1) is 5.75. The molecule has 1 aromatic carbocycles. The van der Waals surface area contributed by atoms with E-state index in [2.05, 4.69) is 35.8 Å². The molecule has 0 radical (unpaired) electrons. The second kappa shape index (κ2) is 4.51. The highest BCUT2D eigenvalue weighted by molar-refractivity contribution is 9.10. The zero-order valence-electron chi connectivity index (χ0n) is 7.43. The van der Waals surface area contributed by atoms with Crippen molar-refractivity contribution in [2.45, 2.75) is 20.3 Å². The zero-order valence-corrected chi connectivity index (χ0v) is 9.02. The molecular weight excluding hydrogens is 216 g/mol. The Morgan fingerprint density at radius 2 is 2.17 bits per heavy atom. The van der Waals surface area contributed by atoms with Gasteiger partial charge in [-0.15, -0.1) is 0 Å². The van der Waals surface area contributed by atoms with Gasteiger partial charge in [-0.1, -0.05) is 19.1 Å². The van der Waals surface area contributed by atoms with Crippen LogP contribution in [0.4, 0.5) is 0 Å². The molecule has 0 aromatic heterocycles. The summed E-state index contributed by atoms with van der Waals surface area (Å²) in [6.07, 6.45) is 1.04. The molecular formula is C10H13BrO. The second-order valence-corrected chi connectivity index (χ2v) is 3.59. The lowest BCUT2D eigenvalue weighted by molar-refractivity contribution is 0.313. The van der Waals surface area contributed by atoms with Crippen LogP contribution < -0.4 is 4.74 Å². The first kappa shape index (κ1) is 9.59. The van der Waals surface area contributed by atoms with E-state index in [1.807, 2.05) is 12.1 Å². The highest BCUT2D eigenvalue weighted by atomic mass is 79.9. The summed E-state index contributed by atoms with van der Waals surface area (Å²) in [4.78, 5) is 0. The first-order valence-electron chi connectivity index (χ1n) is 4.13. The Bertz CT molecular complexity index is 238. The van der Waals surface area contributed by atoms with Crippen LogP contribution in [0.2, 0.25) is 0 Å². The van der Waals surface area contributed by atoms with Crippen molar-refractivity contribution >= 4 is 15.9 Å². The van der Waals surface area contributed by atoms with Crippen molar-refractivity contribution in [3.8, 4) is 5.75 Å². The maximum absolute atomic E-state index is 5.57. The van der Waals surface area contributed by atoms with E-state index in [1.54, 1.807) is 0 Å². The molecule has 66 valence electrons. The monoisotopic (exact) mass is 228 g/mol. The lowest BCUT2D eigenvalue weighted by atomic mass is 10.2. The molecule has 0 aliphatic rings. The molecule has 0 aliphatic heterocycles. The summed E-state index contributed by atoms with van der Waals surface area (Å²) in [5, 5.41) is 0. The van der Waals surface area contributed by atoms with E-state index in [1.165, 1.54) is 5.56 Å². The van der Waals surface area contributed by atoms with Crippen molar-refractivity contribution in [1.29, 1.82) is 0 Å². The molecule has 0 aliphatic carbocycles. The van der Waals surface area contributed by atoms with E-state index in [0.717, 1.165) is 23.2 Å². The summed E-state index contributed by atoms with van der Waals surface area (Å²) >= 11 is 3.45. The van der Waals surface area contributed by atoms with Gasteiger partial charge in [0.1, 0.15) is 5.75 Å². The van der Waals surface area contributed by atoms with Crippen LogP contribution in [0.3, 0.4) is 0 Å². The Morgan fingerprint density at radius 1 is 1.42 bits per heavy atom. The van der Waals surface area contributed by atoms with E-state index in [9.17, 15) is 0 Å². The predicted octanol–water partition coefficient (Wildman–Crippen LogP) is 3.55. The van der Waals surface area contributed by atoms with Crippen molar-refractivity contribution in [3.05, 3.63) is 28.2 Å². The predicted molar refractivity (Wildman–Crippen MR) is 54.7 cm³/mol. The molecule has 1 nitrogen and oxygen atoms in total. The van der Waals surface area contributed by atoms with Crippen LogP contribution in [-0.4, -0.2) is 6.61 Å². The van der Waals surface area contributed by atoms with Crippen molar-refractivity contribution in [2.24, 2.45) is 0 Å². The lowest BCUT2D eigenvalue weighted by Crippen LogP contribution is -1.97. The van der Waals surface area contributed by atoms with Crippen LogP contribution in [0.15, 0.2) is 22.7 Å². The third-order valence-electron chi connectivity index (χ3n) is 1.61. The minimum absolute atomic E-state index is 0.781. The number of para-hydroxylation sites is 1. The van der Waals surface area contributed by atoms with Crippen LogP contribution >= 0.6 is 15.9 Å². The summed E-state index contributed by atoms with van der Waals surface area (Å²) in [6.45, 7) is 4.94. The lowest BCUT2D eigenvalue weighted by Gasteiger charge is -2.09. The molecule has 0 bridgehead atoms. The summed E-state index contributed by atoms with van der Waals surface area (Å²) in [5.74, 6) is 0.972. The Morgan fingerprint density at radius 3 is 2.75 bits per heavy atom. The van der Waals surface area contributed by atoms with E-state index in [0.29, 0.717) is 0 Å². The largest absolute Gasteiger partial charge is 0.492 e. The van der Waals surface area contributed by atoms with Crippen LogP contribution in [0.25, 0.3) is 0 Å². The molecule has 0 amide bonds. The van der Waals surface area contributed by atoms with Gasteiger partial charge in [-0.2, -0.15) is 0 Å². The molecule has 0 atom stereocenters. The van der Waals surface area contributed by atoms with E-state index in [4.69, 9.17) is 4.74 Å². The Kier molecular flexibility index (Phi) is 3.60. The molecule has 0 fully saturated rings. The molecule has 1 aromatic rings. The van der Waals surface area contributed by atoms with Crippen LogP contribution in [0, 0.1) is 6.92 Å². The fraction of sp³-hybridized carbons (Fsp3) is 0.400. The summed E-state index contributed by atoms with van der Waals surface area (Å²) in [7, 11) is 0. The summed E-state index contributed by atoms with van der Waals surface area (Å²) < 4.78 is 6.61. The highest BCUT2D eigenvalue weighted by Crippen LogP contribution is 2.28. The van der Waals surface area contributed by atoms with Crippen LogP contribution in [-0.2, 0) is 0 Å². The molecule has 0 heterocycles. The maximum atomic E-state index is 5.57. The minimum atomic E-state index is 0.781. The average molecular weight is 229 g/mol.